The molecule has 122 valence electrons. The number of rotatable bonds is 5. The van der Waals surface area contributed by atoms with Crippen molar-refractivity contribution in [3.63, 3.8) is 0 Å². The Morgan fingerprint density at radius 1 is 1.04 bits per heavy atom. The van der Waals surface area contributed by atoms with Gasteiger partial charge in [-0.1, -0.05) is 23.8 Å². The lowest BCUT2D eigenvalue weighted by Gasteiger charge is -2.18. The monoisotopic (exact) mass is 328 g/mol. The lowest BCUT2D eigenvalue weighted by molar-refractivity contribution is 0.287. The van der Waals surface area contributed by atoms with Crippen LogP contribution in [0.15, 0.2) is 42.5 Å². The number of benzene rings is 2. The van der Waals surface area contributed by atoms with Crippen molar-refractivity contribution in [1.29, 1.82) is 0 Å². The lowest BCUT2D eigenvalue weighted by Crippen LogP contribution is -2.39. The smallest absolute Gasteiger partial charge is 0.171 e. The van der Waals surface area contributed by atoms with Gasteiger partial charge in [0.1, 0.15) is 12.4 Å². The molecule has 2 N–H and O–H groups in total. The van der Waals surface area contributed by atoms with E-state index in [0.717, 1.165) is 11.4 Å². The van der Waals surface area contributed by atoms with E-state index in [1.807, 2.05) is 37.3 Å². The molecule has 0 fully saturated rings. The third-order valence-corrected chi connectivity index (χ3v) is 3.88. The predicted molar refractivity (Wildman–Crippen MR) is 101 cm³/mol. The van der Waals surface area contributed by atoms with Crippen LogP contribution in [0.5, 0.6) is 5.75 Å². The number of hydrogen-bond donors (Lipinski definition) is 2. The molecule has 4 heteroatoms. The van der Waals surface area contributed by atoms with E-state index in [9.17, 15) is 0 Å². The molecule has 0 saturated carbocycles. The molecule has 0 aliphatic carbocycles. The fourth-order valence-corrected chi connectivity index (χ4v) is 2.43. The van der Waals surface area contributed by atoms with Gasteiger partial charge in [0.2, 0.25) is 0 Å². The van der Waals surface area contributed by atoms with Crippen molar-refractivity contribution in [2.75, 3.05) is 11.9 Å². The Balaban J connectivity index is 1.79. The fourth-order valence-electron chi connectivity index (χ4n) is 2.11. The van der Waals surface area contributed by atoms with Crippen molar-refractivity contribution in [3.05, 3.63) is 59.2 Å². The molecule has 3 nitrogen and oxygen atoms in total. The van der Waals surface area contributed by atoms with Gasteiger partial charge in [0, 0.05) is 5.69 Å². The van der Waals surface area contributed by atoms with Gasteiger partial charge in [-0.15, -0.1) is 0 Å². The molecule has 0 spiro atoms. The summed E-state index contributed by atoms with van der Waals surface area (Å²) >= 11 is 5.36. The topological polar surface area (TPSA) is 33.3 Å². The van der Waals surface area contributed by atoms with E-state index >= 15 is 0 Å². The van der Waals surface area contributed by atoms with Crippen LogP contribution in [-0.4, -0.2) is 17.8 Å². The molecule has 2 aromatic carbocycles. The zero-order valence-corrected chi connectivity index (χ0v) is 15.0. The molecular formula is C19H24N2OS. The second-order valence-electron chi connectivity index (χ2n) is 5.92. The van der Waals surface area contributed by atoms with Gasteiger partial charge >= 0.3 is 0 Å². The summed E-state index contributed by atoms with van der Waals surface area (Å²) in [7, 11) is 0. The van der Waals surface area contributed by atoms with Crippen LogP contribution in [0.25, 0.3) is 0 Å². The number of aryl methyl sites for hydroxylation is 3. The van der Waals surface area contributed by atoms with E-state index in [1.54, 1.807) is 0 Å². The fraction of sp³-hybridized carbons (Fsp3) is 0.316. The summed E-state index contributed by atoms with van der Waals surface area (Å²) in [6, 6.07) is 14.4. The molecule has 0 bridgehead atoms. The lowest BCUT2D eigenvalue weighted by atomic mass is 10.1. The van der Waals surface area contributed by atoms with E-state index in [1.165, 1.54) is 16.7 Å². The van der Waals surface area contributed by atoms with Gasteiger partial charge in [-0.3, -0.25) is 0 Å². The van der Waals surface area contributed by atoms with Crippen molar-refractivity contribution in [1.82, 2.24) is 5.32 Å². The molecule has 0 aliphatic heterocycles. The molecule has 23 heavy (non-hydrogen) atoms. The van der Waals surface area contributed by atoms with E-state index in [0.29, 0.717) is 11.7 Å². The van der Waals surface area contributed by atoms with Crippen LogP contribution in [0.3, 0.4) is 0 Å². The highest BCUT2D eigenvalue weighted by Gasteiger charge is 2.06. The Kier molecular flexibility index (Phi) is 5.99. The highest BCUT2D eigenvalue weighted by Crippen LogP contribution is 2.14. The van der Waals surface area contributed by atoms with Gasteiger partial charge in [-0.2, -0.15) is 0 Å². The number of anilines is 1. The average Bonchev–Trinajstić information content (AvgIpc) is 2.50. The van der Waals surface area contributed by atoms with Crippen molar-refractivity contribution in [2.45, 2.75) is 33.7 Å². The number of thiocarbonyl (C=S) groups is 1. The molecule has 0 saturated heterocycles. The number of ether oxygens (including phenoxy) is 1. The highest BCUT2D eigenvalue weighted by molar-refractivity contribution is 7.80. The molecule has 0 aromatic heterocycles. The van der Waals surface area contributed by atoms with Gasteiger partial charge in [0.05, 0.1) is 6.04 Å². The summed E-state index contributed by atoms with van der Waals surface area (Å²) in [5.74, 6) is 0.872. The Morgan fingerprint density at radius 2 is 1.74 bits per heavy atom. The SMILES string of the molecule is Cc1ccc(OC[C@@H](C)NC(=S)Nc2ccc(C)c(C)c2)cc1. The standard InChI is InChI=1S/C19H24N2OS/c1-13-5-9-18(10-6-13)22-12-16(4)20-19(23)21-17-8-7-14(2)15(3)11-17/h5-11,16H,12H2,1-4H3,(H2,20,21,23)/t16-/m1/s1. The molecule has 0 amide bonds. The minimum atomic E-state index is 0.114. The van der Waals surface area contributed by atoms with Crippen LogP contribution in [0.2, 0.25) is 0 Å². The largest absolute Gasteiger partial charge is 0.491 e. The van der Waals surface area contributed by atoms with Crippen LogP contribution >= 0.6 is 12.2 Å². The summed E-state index contributed by atoms with van der Waals surface area (Å²) in [4.78, 5) is 0. The van der Waals surface area contributed by atoms with Crippen molar-refractivity contribution < 1.29 is 4.74 Å². The molecule has 2 aromatic rings. The van der Waals surface area contributed by atoms with Crippen LogP contribution in [0.4, 0.5) is 5.69 Å². The summed E-state index contributed by atoms with van der Waals surface area (Å²) in [6.07, 6.45) is 0. The third kappa shape index (κ3) is 5.57. The Morgan fingerprint density at radius 3 is 2.39 bits per heavy atom. The zero-order chi connectivity index (χ0) is 16.8. The molecule has 1 atom stereocenters. The summed E-state index contributed by atoms with van der Waals surface area (Å²) in [6.45, 7) is 8.85. The maximum absolute atomic E-state index is 5.76. The average molecular weight is 328 g/mol. The minimum Gasteiger partial charge on any atom is -0.491 e. The molecule has 2 rings (SSSR count). The second-order valence-corrected chi connectivity index (χ2v) is 6.33. The summed E-state index contributed by atoms with van der Waals surface area (Å²) < 4.78 is 5.76. The van der Waals surface area contributed by atoms with Crippen LogP contribution in [0, 0.1) is 20.8 Å². The second kappa shape index (κ2) is 7.97. The summed E-state index contributed by atoms with van der Waals surface area (Å²) in [5.41, 5.74) is 4.74. The zero-order valence-electron chi connectivity index (χ0n) is 14.1. The van der Waals surface area contributed by atoms with Gasteiger partial charge in [-0.25, -0.2) is 0 Å². The first-order valence-electron chi connectivity index (χ1n) is 7.78. The first-order chi connectivity index (χ1) is 10.9. The van der Waals surface area contributed by atoms with Gasteiger partial charge in [0.25, 0.3) is 0 Å². The van der Waals surface area contributed by atoms with Crippen molar-refractivity contribution >= 4 is 23.0 Å². The highest BCUT2D eigenvalue weighted by atomic mass is 32.1. The van der Waals surface area contributed by atoms with E-state index in [2.05, 4.69) is 43.5 Å². The van der Waals surface area contributed by atoms with Crippen molar-refractivity contribution in [3.8, 4) is 5.75 Å². The summed E-state index contributed by atoms with van der Waals surface area (Å²) in [5, 5.41) is 7.06. The normalized spacial score (nSPS) is 11.7. The molecular weight excluding hydrogens is 304 g/mol. The molecule has 0 unspecified atom stereocenters. The molecule has 0 aliphatic rings. The molecule has 0 heterocycles. The van der Waals surface area contributed by atoms with Crippen LogP contribution in [-0.2, 0) is 0 Å². The first kappa shape index (κ1) is 17.3. The third-order valence-electron chi connectivity index (χ3n) is 3.66. The van der Waals surface area contributed by atoms with Gasteiger partial charge in [0.15, 0.2) is 5.11 Å². The maximum Gasteiger partial charge on any atom is 0.171 e. The van der Waals surface area contributed by atoms with Gasteiger partial charge < -0.3 is 15.4 Å². The Hall–Kier alpha value is -2.07. The van der Waals surface area contributed by atoms with Crippen molar-refractivity contribution in [2.24, 2.45) is 0 Å². The Bertz CT molecular complexity index is 668. The maximum atomic E-state index is 5.76. The van der Waals surface area contributed by atoms with E-state index in [-0.39, 0.29) is 6.04 Å². The minimum absolute atomic E-state index is 0.114. The van der Waals surface area contributed by atoms with E-state index < -0.39 is 0 Å². The van der Waals surface area contributed by atoms with Crippen LogP contribution in [0.1, 0.15) is 23.6 Å². The Labute approximate surface area is 144 Å². The number of nitrogens with one attached hydrogen (secondary N) is 2. The molecule has 0 radical (unpaired) electrons. The van der Waals surface area contributed by atoms with Crippen LogP contribution < -0.4 is 15.4 Å². The first-order valence-corrected chi connectivity index (χ1v) is 8.19. The predicted octanol–water partition coefficient (Wildman–Crippen LogP) is 4.37. The van der Waals surface area contributed by atoms with E-state index in [4.69, 9.17) is 17.0 Å². The quantitative estimate of drug-likeness (QED) is 0.799. The number of hydrogen-bond acceptors (Lipinski definition) is 2. The van der Waals surface area contributed by atoms with Gasteiger partial charge in [-0.05, 0) is 75.3 Å².